The first-order valence-electron chi connectivity index (χ1n) is 10.6. The molecule has 7 nitrogen and oxygen atoms in total. The number of carbonyl (C=O) groups is 3. The van der Waals surface area contributed by atoms with Gasteiger partial charge in [0.2, 0.25) is 5.91 Å². The number of nitrogens with zero attached hydrogens (tertiary/aromatic N) is 3. The average Bonchev–Trinajstić information content (AvgIpc) is 2.81. The Kier molecular flexibility index (Phi) is 5.93. The van der Waals surface area contributed by atoms with Crippen molar-refractivity contribution in [1.82, 2.24) is 14.7 Å². The van der Waals surface area contributed by atoms with Crippen molar-refractivity contribution in [2.75, 3.05) is 39.8 Å². The third-order valence-corrected chi connectivity index (χ3v) is 6.10. The van der Waals surface area contributed by atoms with Crippen LogP contribution in [0.1, 0.15) is 40.4 Å². The van der Waals surface area contributed by atoms with Crippen LogP contribution in [-0.4, -0.2) is 72.4 Å². The van der Waals surface area contributed by atoms with Gasteiger partial charge in [0.15, 0.2) is 0 Å². The van der Waals surface area contributed by atoms with Gasteiger partial charge in [-0.05, 0) is 24.1 Å². The van der Waals surface area contributed by atoms with Gasteiger partial charge in [0.25, 0.3) is 5.91 Å². The second-order valence-electron chi connectivity index (χ2n) is 7.85. The number of benzene rings is 2. The molecule has 3 amide bonds. The minimum atomic E-state index is -0.504. The van der Waals surface area contributed by atoms with Crippen molar-refractivity contribution in [3.05, 3.63) is 71.3 Å². The minimum absolute atomic E-state index is 0.0239. The number of rotatable bonds is 3. The Morgan fingerprint density at radius 3 is 2.23 bits per heavy atom. The van der Waals surface area contributed by atoms with Crippen molar-refractivity contribution in [3.63, 3.8) is 0 Å². The second-order valence-corrected chi connectivity index (χ2v) is 7.85. The predicted octanol–water partition coefficient (Wildman–Crippen LogP) is 2.90. The summed E-state index contributed by atoms with van der Waals surface area (Å²) in [5.74, 6) is -0.611. The molecule has 2 aliphatic heterocycles. The monoisotopic (exact) mass is 421 g/mol. The molecule has 2 aliphatic rings. The Hall–Kier alpha value is -3.35. The first-order valence-corrected chi connectivity index (χ1v) is 10.6. The van der Waals surface area contributed by atoms with E-state index in [-0.39, 0.29) is 23.9 Å². The number of piperazine rings is 1. The molecule has 0 bridgehead atoms. The lowest BCUT2D eigenvalue weighted by molar-refractivity contribution is -0.136. The van der Waals surface area contributed by atoms with Crippen LogP contribution in [0, 0.1) is 0 Å². The van der Waals surface area contributed by atoms with Crippen LogP contribution in [0.5, 0.6) is 0 Å². The molecule has 2 aromatic carbocycles. The van der Waals surface area contributed by atoms with Gasteiger partial charge in [0.1, 0.15) is 0 Å². The zero-order valence-electron chi connectivity index (χ0n) is 17.9. The van der Waals surface area contributed by atoms with E-state index in [1.807, 2.05) is 48.5 Å². The van der Waals surface area contributed by atoms with E-state index >= 15 is 0 Å². The van der Waals surface area contributed by atoms with Gasteiger partial charge < -0.3 is 19.4 Å². The lowest BCUT2D eigenvalue weighted by atomic mass is 9.79. The van der Waals surface area contributed by atoms with Gasteiger partial charge in [0.05, 0.1) is 18.6 Å². The Morgan fingerprint density at radius 1 is 0.935 bits per heavy atom. The molecule has 1 fully saturated rings. The molecule has 2 atom stereocenters. The van der Waals surface area contributed by atoms with Crippen LogP contribution in [0.15, 0.2) is 54.6 Å². The summed E-state index contributed by atoms with van der Waals surface area (Å²) in [7, 11) is 1.76. The molecule has 162 valence electrons. The van der Waals surface area contributed by atoms with E-state index in [0.717, 1.165) is 11.1 Å². The molecule has 0 unspecified atom stereocenters. The first kappa shape index (κ1) is 20.9. The molecule has 4 rings (SSSR count). The summed E-state index contributed by atoms with van der Waals surface area (Å²) in [6.45, 7) is 3.86. The van der Waals surface area contributed by atoms with Crippen molar-refractivity contribution in [3.8, 4) is 0 Å². The molecule has 0 aromatic heterocycles. The predicted molar refractivity (Wildman–Crippen MR) is 116 cm³/mol. The van der Waals surface area contributed by atoms with Crippen LogP contribution in [0.4, 0.5) is 4.79 Å². The lowest BCUT2D eigenvalue weighted by Crippen LogP contribution is -2.54. The Bertz CT molecular complexity index is 970. The number of amides is 3. The summed E-state index contributed by atoms with van der Waals surface area (Å²) in [4.78, 5) is 44.0. The van der Waals surface area contributed by atoms with E-state index in [1.165, 1.54) is 0 Å². The number of fused-ring (bicyclic) bond motifs is 1. The smallest absolute Gasteiger partial charge is 0.409 e. The molecule has 7 heteroatoms. The van der Waals surface area contributed by atoms with Gasteiger partial charge in [-0.15, -0.1) is 0 Å². The number of ether oxygens (including phenoxy) is 1. The van der Waals surface area contributed by atoms with Crippen molar-refractivity contribution >= 4 is 17.9 Å². The van der Waals surface area contributed by atoms with E-state index in [1.54, 1.807) is 34.7 Å². The molecular formula is C24H27N3O4. The quantitative estimate of drug-likeness (QED) is 0.764. The van der Waals surface area contributed by atoms with Gasteiger partial charge in [-0.3, -0.25) is 9.59 Å². The standard InChI is InChI=1S/C24H27N3O4/c1-3-31-24(30)27-15-13-26(14-16-27)23(29)20-18-11-7-8-12-19(18)22(28)25(2)21(20)17-9-5-4-6-10-17/h4-12,20-21H,3,13-16H2,1-2H3/t20-,21+/m0/s1. The number of hydrogen-bond donors (Lipinski definition) is 0. The van der Waals surface area contributed by atoms with Gasteiger partial charge in [-0.1, -0.05) is 48.5 Å². The lowest BCUT2D eigenvalue weighted by Gasteiger charge is -2.43. The first-order chi connectivity index (χ1) is 15.0. The molecule has 2 heterocycles. The minimum Gasteiger partial charge on any atom is -0.450 e. The van der Waals surface area contributed by atoms with E-state index in [9.17, 15) is 14.4 Å². The average molecular weight is 421 g/mol. The maximum atomic E-state index is 13.8. The maximum absolute atomic E-state index is 13.8. The van der Waals surface area contributed by atoms with Crippen LogP contribution in [0.25, 0.3) is 0 Å². The maximum Gasteiger partial charge on any atom is 0.409 e. The highest BCUT2D eigenvalue weighted by Gasteiger charge is 2.44. The Balaban J connectivity index is 1.65. The van der Waals surface area contributed by atoms with Crippen molar-refractivity contribution in [2.24, 2.45) is 0 Å². The molecule has 1 saturated heterocycles. The summed E-state index contributed by atoms with van der Waals surface area (Å²) in [6, 6.07) is 16.7. The van der Waals surface area contributed by atoms with Crippen molar-refractivity contribution in [2.45, 2.75) is 18.9 Å². The van der Waals surface area contributed by atoms with Gasteiger partial charge in [-0.25, -0.2) is 4.79 Å². The van der Waals surface area contributed by atoms with Crippen LogP contribution in [0.3, 0.4) is 0 Å². The molecule has 0 aliphatic carbocycles. The fraction of sp³-hybridized carbons (Fsp3) is 0.375. The summed E-state index contributed by atoms with van der Waals surface area (Å²) < 4.78 is 5.08. The summed E-state index contributed by atoms with van der Waals surface area (Å²) >= 11 is 0. The highest BCUT2D eigenvalue weighted by atomic mass is 16.6. The molecule has 0 radical (unpaired) electrons. The van der Waals surface area contributed by atoms with Crippen LogP contribution < -0.4 is 0 Å². The number of hydrogen-bond acceptors (Lipinski definition) is 4. The topological polar surface area (TPSA) is 70.2 Å². The second kappa shape index (κ2) is 8.79. The largest absolute Gasteiger partial charge is 0.450 e. The van der Waals surface area contributed by atoms with E-state index in [4.69, 9.17) is 4.74 Å². The molecule has 2 aromatic rings. The van der Waals surface area contributed by atoms with E-state index in [2.05, 4.69) is 0 Å². The third kappa shape index (κ3) is 3.87. The number of likely N-dealkylation sites (N-methyl/N-ethyl adjacent to an activating group) is 1. The van der Waals surface area contributed by atoms with Crippen LogP contribution in [-0.2, 0) is 9.53 Å². The highest BCUT2D eigenvalue weighted by Crippen LogP contribution is 2.42. The van der Waals surface area contributed by atoms with E-state index in [0.29, 0.717) is 38.3 Å². The van der Waals surface area contributed by atoms with Gasteiger partial charge >= 0.3 is 6.09 Å². The van der Waals surface area contributed by atoms with Crippen LogP contribution in [0.2, 0.25) is 0 Å². The molecule has 31 heavy (non-hydrogen) atoms. The van der Waals surface area contributed by atoms with Crippen LogP contribution >= 0.6 is 0 Å². The normalized spacial score (nSPS) is 21.0. The summed E-state index contributed by atoms with van der Waals surface area (Å²) in [6.07, 6.45) is -0.342. The summed E-state index contributed by atoms with van der Waals surface area (Å²) in [5.41, 5.74) is 2.26. The Morgan fingerprint density at radius 2 is 1.55 bits per heavy atom. The van der Waals surface area contributed by atoms with Crippen molar-refractivity contribution in [1.29, 1.82) is 0 Å². The molecular weight excluding hydrogens is 394 g/mol. The zero-order valence-corrected chi connectivity index (χ0v) is 17.9. The Labute approximate surface area is 182 Å². The molecule has 0 spiro atoms. The molecule has 0 saturated carbocycles. The SMILES string of the molecule is CCOC(=O)N1CCN(C(=O)[C@H]2c3ccccc3C(=O)N(C)[C@@H]2c2ccccc2)CC1. The molecule has 0 N–H and O–H groups in total. The third-order valence-electron chi connectivity index (χ3n) is 6.10. The van der Waals surface area contributed by atoms with Crippen molar-refractivity contribution < 1.29 is 19.1 Å². The fourth-order valence-corrected chi connectivity index (χ4v) is 4.53. The van der Waals surface area contributed by atoms with Gasteiger partial charge in [0, 0.05) is 38.8 Å². The summed E-state index contributed by atoms with van der Waals surface area (Å²) in [5, 5.41) is 0. The highest BCUT2D eigenvalue weighted by molar-refractivity contribution is 6.01. The van der Waals surface area contributed by atoms with E-state index < -0.39 is 5.92 Å². The fourth-order valence-electron chi connectivity index (χ4n) is 4.53. The zero-order chi connectivity index (χ0) is 22.0. The number of carbonyl (C=O) groups excluding carboxylic acids is 3. The van der Waals surface area contributed by atoms with Gasteiger partial charge in [-0.2, -0.15) is 0 Å².